The molecular weight excluding hydrogens is 200 g/mol. The molecule has 0 bridgehead atoms. The van der Waals surface area contributed by atoms with Crippen molar-refractivity contribution in [3.05, 3.63) is 58.0 Å². The van der Waals surface area contributed by atoms with Gasteiger partial charge in [-0.05, 0) is 34.7 Å². The number of ketones is 2. The minimum Gasteiger partial charge on any atom is -0.289 e. The monoisotopic (exact) mass is 208 g/mol. The standard InChI is InChI=1S/C14H8O2/c15-13-5-1-3-9-7-12-10(8-11(9)13)4-2-6-14(12)16/h1-8H. The smallest absolute Gasteiger partial charge is 0.186 e. The van der Waals surface area contributed by atoms with Gasteiger partial charge in [0.05, 0.1) is 0 Å². The van der Waals surface area contributed by atoms with Crippen molar-refractivity contribution in [1.82, 2.24) is 0 Å². The maximum Gasteiger partial charge on any atom is 0.186 e. The summed E-state index contributed by atoms with van der Waals surface area (Å²) in [6, 6.07) is 3.57. The van der Waals surface area contributed by atoms with Gasteiger partial charge in [0.1, 0.15) is 0 Å². The zero-order valence-corrected chi connectivity index (χ0v) is 8.44. The molecule has 3 rings (SSSR count). The molecule has 0 heterocycles. The first-order valence-corrected chi connectivity index (χ1v) is 5.05. The van der Waals surface area contributed by atoms with Gasteiger partial charge in [-0.15, -0.1) is 0 Å². The van der Waals surface area contributed by atoms with Crippen LogP contribution in [0.15, 0.2) is 36.4 Å². The average Bonchev–Trinajstić information content (AvgIpc) is 2.29. The summed E-state index contributed by atoms with van der Waals surface area (Å²) in [6.07, 6.45) is 10.2. The van der Waals surface area contributed by atoms with E-state index >= 15 is 0 Å². The SMILES string of the molecule is O=C1C=CC=c2cc3c(cc21)=CC=CC3=O. The molecule has 1 aromatic carbocycles. The topological polar surface area (TPSA) is 34.1 Å². The largest absolute Gasteiger partial charge is 0.289 e. The lowest BCUT2D eigenvalue weighted by Gasteiger charge is -2.07. The fraction of sp³-hybridized carbons (Fsp3) is 0. The zero-order valence-electron chi connectivity index (χ0n) is 8.44. The first-order valence-electron chi connectivity index (χ1n) is 5.05. The van der Waals surface area contributed by atoms with E-state index in [0.717, 1.165) is 10.4 Å². The van der Waals surface area contributed by atoms with Crippen molar-refractivity contribution >= 4 is 23.7 Å². The molecule has 0 aliphatic heterocycles. The van der Waals surface area contributed by atoms with Crippen LogP contribution in [-0.4, -0.2) is 11.6 Å². The Kier molecular flexibility index (Phi) is 1.77. The third-order valence-electron chi connectivity index (χ3n) is 2.80. The predicted molar refractivity (Wildman–Crippen MR) is 61.6 cm³/mol. The summed E-state index contributed by atoms with van der Waals surface area (Å²) in [7, 11) is 0. The molecule has 0 aromatic heterocycles. The van der Waals surface area contributed by atoms with Crippen molar-refractivity contribution in [3.8, 4) is 0 Å². The van der Waals surface area contributed by atoms with E-state index in [-0.39, 0.29) is 11.6 Å². The van der Waals surface area contributed by atoms with Gasteiger partial charge < -0.3 is 0 Å². The lowest BCUT2D eigenvalue weighted by molar-refractivity contribution is 0.103. The van der Waals surface area contributed by atoms with E-state index in [1.807, 2.05) is 12.2 Å². The molecule has 0 spiro atoms. The van der Waals surface area contributed by atoms with Gasteiger partial charge in [0.25, 0.3) is 0 Å². The van der Waals surface area contributed by atoms with Crippen molar-refractivity contribution < 1.29 is 9.59 Å². The molecule has 2 aliphatic rings. The van der Waals surface area contributed by atoms with Gasteiger partial charge >= 0.3 is 0 Å². The van der Waals surface area contributed by atoms with Crippen LogP contribution >= 0.6 is 0 Å². The zero-order chi connectivity index (χ0) is 11.1. The Bertz CT molecular complexity index is 626. The molecule has 0 N–H and O–H groups in total. The molecule has 0 fully saturated rings. The quantitative estimate of drug-likeness (QED) is 0.630. The van der Waals surface area contributed by atoms with Crippen LogP contribution in [0.5, 0.6) is 0 Å². The van der Waals surface area contributed by atoms with Crippen LogP contribution in [0.25, 0.3) is 12.2 Å². The highest BCUT2D eigenvalue weighted by molar-refractivity contribution is 6.10. The number of fused-ring (bicyclic) bond motifs is 2. The molecule has 76 valence electrons. The van der Waals surface area contributed by atoms with Gasteiger partial charge in [-0.25, -0.2) is 0 Å². The van der Waals surface area contributed by atoms with E-state index in [9.17, 15) is 9.59 Å². The Morgan fingerprint density at radius 2 is 1.12 bits per heavy atom. The average molecular weight is 208 g/mol. The summed E-state index contributed by atoms with van der Waals surface area (Å²) >= 11 is 0. The highest BCUT2D eigenvalue weighted by Crippen LogP contribution is 2.04. The van der Waals surface area contributed by atoms with Gasteiger partial charge in [-0.1, -0.05) is 24.3 Å². The number of hydrogen-bond acceptors (Lipinski definition) is 2. The maximum atomic E-state index is 11.6. The van der Waals surface area contributed by atoms with Crippen LogP contribution in [0.4, 0.5) is 0 Å². The second-order valence-electron chi connectivity index (χ2n) is 3.81. The molecule has 0 radical (unpaired) electrons. The highest BCUT2D eigenvalue weighted by atomic mass is 16.1. The molecule has 2 aliphatic carbocycles. The van der Waals surface area contributed by atoms with Crippen LogP contribution in [0, 0.1) is 0 Å². The molecule has 1 aromatic rings. The fourth-order valence-electron chi connectivity index (χ4n) is 1.99. The van der Waals surface area contributed by atoms with E-state index in [2.05, 4.69) is 0 Å². The minimum atomic E-state index is -0.00398. The van der Waals surface area contributed by atoms with E-state index in [1.54, 1.807) is 24.3 Å². The molecule has 0 amide bonds. The van der Waals surface area contributed by atoms with Crippen LogP contribution in [0.2, 0.25) is 0 Å². The second kappa shape index (κ2) is 3.14. The number of carbonyl (C=O) groups excluding carboxylic acids is 2. The Morgan fingerprint density at radius 3 is 1.56 bits per heavy atom. The van der Waals surface area contributed by atoms with E-state index in [4.69, 9.17) is 0 Å². The number of benzene rings is 1. The van der Waals surface area contributed by atoms with E-state index in [0.29, 0.717) is 11.1 Å². The number of allylic oxidation sites excluding steroid dienone is 4. The molecule has 0 unspecified atom stereocenters. The van der Waals surface area contributed by atoms with Crippen molar-refractivity contribution in [3.63, 3.8) is 0 Å². The summed E-state index contributed by atoms with van der Waals surface area (Å²) in [5.74, 6) is -0.00796. The van der Waals surface area contributed by atoms with E-state index in [1.165, 1.54) is 12.2 Å². The van der Waals surface area contributed by atoms with Crippen molar-refractivity contribution in [1.29, 1.82) is 0 Å². The predicted octanol–water partition coefficient (Wildman–Crippen LogP) is 0.753. The molecule has 0 saturated carbocycles. The summed E-state index contributed by atoms with van der Waals surface area (Å²) < 4.78 is 0. The van der Waals surface area contributed by atoms with Crippen LogP contribution in [0.1, 0.15) is 20.7 Å². The molecular formula is C14H8O2. The van der Waals surface area contributed by atoms with Crippen molar-refractivity contribution in [2.75, 3.05) is 0 Å². The molecule has 0 saturated heterocycles. The van der Waals surface area contributed by atoms with Gasteiger partial charge in [0, 0.05) is 11.1 Å². The number of carbonyl (C=O) groups is 2. The first kappa shape index (κ1) is 9.04. The van der Waals surface area contributed by atoms with Gasteiger partial charge in [-0.2, -0.15) is 0 Å². The van der Waals surface area contributed by atoms with Crippen LogP contribution < -0.4 is 10.4 Å². The third kappa shape index (κ3) is 1.20. The van der Waals surface area contributed by atoms with Gasteiger partial charge in [0.2, 0.25) is 0 Å². The molecule has 2 heteroatoms. The molecule has 16 heavy (non-hydrogen) atoms. The summed E-state index contributed by atoms with van der Waals surface area (Å²) in [6.45, 7) is 0. The second-order valence-corrected chi connectivity index (χ2v) is 3.81. The molecule has 2 nitrogen and oxygen atoms in total. The molecule has 0 atom stereocenters. The number of rotatable bonds is 0. The Balaban J connectivity index is 2.43. The van der Waals surface area contributed by atoms with Gasteiger partial charge in [-0.3, -0.25) is 9.59 Å². The van der Waals surface area contributed by atoms with Crippen molar-refractivity contribution in [2.45, 2.75) is 0 Å². The maximum absolute atomic E-state index is 11.6. The minimum absolute atomic E-state index is 0.00398. The fourth-order valence-corrected chi connectivity index (χ4v) is 1.99. The lowest BCUT2D eigenvalue weighted by Crippen LogP contribution is -2.26. The van der Waals surface area contributed by atoms with E-state index < -0.39 is 0 Å². The summed E-state index contributed by atoms with van der Waals surface area (Å²) in [4.78, 5) is 23.3. The Hall–Kier alpha value is -2.22. The number of hydrogen-bond donors (Lipinski definition) is 0. The summed E-state index contributed by atoms with van der Waals surface area (Å²) in [5.41, 5.74) is 1.33. The Morgan fingerprint density at radius 1 is 0.688 bits per heavy atom. The normalized spacial score (nSPS) is 16.2. The Labute approximate surface area is 91.9 Å². The third-order valence-corrected chi connectivity index (χ3v) is 2.80. The van der Waals surface area contributed by atoms with Crippen molar-refractivity contribution in [2.24, 2.45) is 0 Å². The highest BCUT2D eigenvalue weighted by Gasteiger charge is 2.13. The van der Waals surface area contributed by atoms with Crippen LogP contribution in [0.3, 0.4) is 0 Å². The summed E-state index contributed by atoms with van der Waals surface area (Å²) in [5, 5.41) is 1.65. The van der Waals surface area contributed by atoms with Crippen LogP contribution in [-0.2, 0) is 0 Å². The first-order chi connectivity index (χ1) is 7.75. The van der Waals surface area contributed by atoms with Gasteiger partial charge in [0.15, 0.2) is 11.6 Å². The lowest BCUT2D eigenvalue weighted by atomic mass is 9.95.